The molecule has 0 saturated carbocycles. The third kappa shape index (κ3) is 3.35. The summed E-state index contributed by atoms with van der Waals surface area (Å²) in [5.74, 6) is 0. The summed E-state index contributed by atoms with van der Waals surface area (Å²) in [7, 11) is 1.59. The fraction of sp³-hybridized carbons (Fsp3) is 0.333. The van der Waals surface area contributed by atoms with Crippen molar-refractivity contribution >= 4 is 0 Å². The van der Waals surface area contributed by atoms with E-state index in [1.807, 2.05) is 0 Å². The maximum Gasteiger partial charge on any atom is 0.328 e. The van der Waals surface area contributed by atoms with E-state index >= 15 is 0 Å². The van der Waals surface area contributed by atoms with Crippen LogP contribution in [0.4, 0.5) is 0 Å². The van der Waals surface area contributed by atoms with Gasteiger partial charge in [-0.15, -0.1) is 0 Å². The molecule has 1 rings (SSSR count). The molecule has 0 unspecified atom stereocenters. The summed E-state index contributed by atoms with van der Waals surface area (Å²) in [6.07, 6.45) is 4.20. The van der Waals surface area contributed by atoms with Crippen molar-refractivity contribution in [1.82, 2.24) is 9.55 Å². The van der Waals surface area contributed by atoms with Gasteiger partial charge in [0.1, 0.15) is 0 Å². The normalized spacial score (nSPS) is 9.21. The van der Waals surface area contributed by atoms with Gasteiger partial charge in [0.25, 0.3) is 5.56 Å². The average Bonchev–Trinajstić information content (AvgIpc) is 2.09. The topological polar surface area (TPSA) is 54.9 Å². The molecule has 1 radical (unpaired) electrons. The molecule has 73 valence electrons. The Hall–Kier alpha value is -0.476. The van der Waals surface area contributed by atoms with E-state index in [0.717, 1.165) is 0 Å². The number of nitrogens with one attached hydrogen (secondary N) is 1. The number of hydrogen-bond donors (Lipinski definition) is 1. The maximum atomic E-state index is 11.2. The minimum Gasteiger partial charge on any atom is -0.518 e. The number of hydrogen-bond acceptors (Lipinski definition) is 2. The quantitative estimate of drug-likeness (QED) is 0.784. The smallest absolute Gasteiger partial charge is 0.328 e. The molecule has 0 bridgehead atoms. The van der Waals surface area contributed by atoms with E-state index < -0.39 is 5.69 Å². The molecule has 0 aliphatic heterocycles. The van der Waals surface area contributed by atoms with Crippen LogP contribution in [0.25, 0.3) is 0 Å². The van der Waals surface area contributed by atoms with E-state index in [4.69, 9.17) is 6.58 Å². The third-order valence-corrected chi connectivity index (χ3v) is 1.76. The Labute approximate surface area is 107 Å². The Bertz CT molecular complexity index is 420. The molecule has 0 spiro atoms. The molecule has 0 fully saturated rings. The third-order valence-electron chi connectivity index (χ3n) is 1.76. The summed E-state index contributed by atoms with van der Waals surface area (Å²) in [6.45, 7) is 5.19. The van der Waals surface area contributed by atoms with Crippen molar-refractivity contribution < 1.29 is 32.7 Å². The van der Waals surface area contributed by atoms with Gasteiger partial charge in [-0.2, -0.15) is 0 Å². The van der Waals surface area contributed by atoms with E-state index in [1.54, 1.807) is 7.05 Å². The van der Waals surface area contributed by atoms with Crippen molar-refractivity contribution in [2.45, 2.75) is 12.8 Å². The molecule has 0 saturated heterocycles. The van der Waals surface area contributed by atoms with Crippen molar-refractivity contribution in [3.05, 3.63) is 45.3 Å². The predicted octanol–water partition coefficient (Wildman–Crippen LogP) is -0.00711. The molecule has 1 heterocycles. The summed E-state index contributed by atoms with van der Waals surface area (Å²) in [6, 6.07) is 0. The Morgan fingerprint density at radius 3 is 2.79 bits per heavy atom. The van der Waals surface area contributed by atoms with E-state index in [-0.39, 0.29) is 38.3 Å². The second-order valence-electron chi connectivity index (χ2n) is 2.80. The Morgan fingerprint density at radius 2 is 2.21 bits per heavy atom. The molecule has 0 atom stereocenters. The number of H-pyrrole nitrogens is 1. The van der Waals surface area contributed by atoms with E-state index in [2.05, 4.69) is 4.98 Å². The van der Waals surface area contributed by atoms with Gasteiger partial charge in [0.15, 0.2) is 0 Å². The first kappa shape index (κ1) is 13.5. The fourth-order valence-electron chi connectivity index (χ4n) is 1.03. The predicted molar refractivity (Wildman–Crippen MR) is 49.5 cm³/mol. The van der Waals surface area contributed by atoms with E-state index in [1.165, 1.54) is 16.8 Å². The van der Waals surface area contributed by atoms with Crippen LogP contribution in [0.1, 0.15) is 12.0 Å². The van der Waals surface area contributed by atoms with Gasteiger partial charge in [-0.3, -0.25) is 15.9 Å². The van der Waals surface area contributed by atoms with Crippen molar-refractivity contribution in [3.63, 3.8) is 0 Å². The van der Waals surface area contributed by atoms with Crippen molar-refractivity contribution in [1.29, 1.82) is 0 Å². The van der Waals surface area contributed by atoms with Crippen molar-refractivity contribution in [2.24, 2.45) is 7.05 Å². The molecule has 0 aromatic carbocycles. The minimum absolute atomic E-state index is 0. The van der Waals surface area contributed by atoms with Gasteiger partial charge in [-0.25, -0.2) is 4.79 Å². The number of aromatic nitrogens is 2. The summed E-state index contributed by atoms with van der Waals surface area (Å²) in [4.78, 5) is 24.3. The largest absolute Gasteiger partial charge is 0.518 e. The van der Waals surface area contributed by atoms with Crippen LogP contribution in [-0.2, 0) is 46.2 Å². The van der Waals surface area contributed by atoms with Crippen LogP contribution in [0.5, 0.6) is 0 Å². The van der Waals surface area contributed by atoms with Crippen LogP contribution in [-0.4, -0.2) is 9.55 Å². The molecule has 5 heteroatoms. The van der Waals surface area contributed by atoms with Crippen LogP contribution in [0, 0.1) is 6.58 Å². The average molecular weight is 268 g/mol. The summed E-state index contributed by atoms with van der Waals surface area (Å²) in [5, 5.41) is 0. The Kier molecular flexibility index (Phi) is 5.88. The van der Waals surface area contributed by atoms with Crippen LogP contribution < -0.4 is 11.2 Å². The van der Waals surface area contributed by atoms with Crippen molar-refractivity contribution in [2.75, 3.05) is 0 Å². The monoisotopic (exact) mass is 268 g/mol. The van der Waals surface area contributed by atoms with Gasteiger partial charge < -0.3 is 11.1 Å². The van der Waals surface area contributed by atoms with Gasteiger partial charge >= 0.3 is 5.69 Å². The Morgan fingerprint density at radius 1 is 1.57 bits per heavy atom. The zero-order chi connectivity index (χ0) is 9.84. The summed E-state index contributed by atoms with van der Waals surface area (Å²) < 4.78 is 1.34. The molecule has 0 amide bonds. The van der Waals surface area contributed by atoms with Gasteiger partial charge in [0.2, 0.25) is 0 Å². The number of nitrogens with zero attached hydrogens (tertiary/aromatic N) is 1. The first-order valence-corrected chi connectivity index (χ1v) is 3.97. The first-order valence-electron chi connectivity index (χ1n) is 3.97. The Balaban J connectivity index is 0.00000169. The van der Waals surface area contributed by atoms with Crippen LogP contribution in [0.15, 0.2) is 21.9 Å². The van der Waals surface area contributed by atoms with Crippen LogP contribution >= 0.6 is 0 Å². The molecule has 0 aliphatic carbocycles. The number of aromatic amines is 1. The molecule has 0 aliphatic rings. The van der Waals surface area contributed by atoms with Crippen LogP contribution in [0.3, 0.4) is 0 Å². The minimum atomic E-state index is -0.398. The maximum absolute atomic E-state index is 11.2. The zero-order valence-electron chi connectivity index (χ0n) is 7.99. The van der Waals surface area contributed by atoms with Crippen molar-refractivity contribution in [3.8, 4) is 0 Å². The van der Waals surface area contributed by atoms with Gasteiger partial charge in [0.05, 0.1) is 0 Å². The number of rotatable bonds is 3. The van der Waals surface area contributed by atoms with E-state index in [9.17, 15) is 9.59 Å². The summed E-state index contributed by atoms with van der Waals surface area (Å²) in [5.41, 5.74) is -0.153. The molecule has 1 aromatic heterocycles. The molecule has 4 nitrogen and oxygen atoms in total. The summed E-state index contributed by atoms with van der Waals surface area (Å²) >= 11 is 0. The number of allylic oxidation sites excluding steroid dienone is 1. The second-order valence-corrected chi connectivity index (χ2v) is 2.80. The SMILES string of the molecule is [CH-]=CCCc1cn(C)c(=O)[nH]c1=O.[Y]. The fourth-order valence-corrected chi connectivity index (χ4v) is 1.03. The molecule has 14 heavy (non-hydrogen) atoms. The zero-order valence-corrected chi connectivity index (χ0v) is 10.8. The van der Waals surface area contributed by atoms with Gasteiger partial charge in [0, 0.05) is 51.5 Å². The first-order chi connectivity index (χ1) is 6.15. The second kappa shape index (κ2) is 6.09. The van der Waals surface area contributed by atoms with Gasteiger partial charge in [-0.1, -0.05) is 6.42 Å². The standard InChI is InChI=1S/C9H11N2O2.Y/c1-3-4-5-7-6-11(2)9(13)10-8(7)12;/h1,3,6H,4-5H2,2H3,(H,10,12,13);/q-1;. The van der Waals surface area contributed by atoms with Crippen LogP contribution in [0.2, 0.25) is 0 Å². The van der Waals surface area contributed by atoms with E-state index in [0.29, 0.717) is 18.4 Å². The molecule has 1 N–H and O–H groups in total. The van der Waals surface area contributed by atoms with Gasteiger partial charge in [-0.05, 0) is 6.42 Å². The molecular weight excluding hydrogens is 257 g/mol. The molecule has 1 aromatic rings. The number of aryl methyl sites for hydroxylation is 2. The molecular formula is C9H11N2O2Y-.